The number of ether oxygens (including phenoxy) is 2. The Kier molecular flexibility index (Phi) is 9.72. The minimum Gasteiger partial charge on any atom is -0.497 e. The van der Waals surface area contributed by atoms with Crippen LogP contribution in [0, 0.1) is 0 Å². The summed E-state index contributed by atoms with van der Waals surface area (Å²) >= 11 is 0. The van der Waals surface area contributed by atoms with E-state index in [1.165, 1.54) is 21.6 Å². The Morgan fingerprint density at radius 2 is 0.947 bits per heavy atom. The molecule has 0 aliphatic heterocycles. The molecule has 0 radical (unpaired) electrons. The Hall–Kier alpha value is -3.88. The number of carbonyl (C=O) groups is 2. The summed E-state index contributed by atoms with van der Waals surface area (Å²) in [4.78, 5) is 27.6. The highest BCUT2D eigenvalue weighted by Crippen LogP contribution is 2.40. The zero-order chi connectivity index (χ0) is 26.7. The highest BCUT2D eigenvalue weighted by molar-refractivity contribution is 8.76. The number of hydrogen-bond acceptors (Lipinski definition) is 6. The second-order valence-corrected chi connectivity index (χ2v) is 10.4. The van der Waals surface area contributed by atoms with E-state index in [1.807, 2.05) is 84.9 Å². The fourth-order valence-corrected chi connectivity index (χ4v) is 5.95. The Morgan fingerprint density at radius 3 is 1.32 bits per heavy atom. The molecule has 0 aromatic heterocycles. The summed E-state index contributed by atoms with van der Waals surface area (Å²) in [5.74, 6) is 1.23. The van der Waals surface area contributed by atoms with Crippen LogP contribution in [0.3, 0.4) is 0 Å². The first kappa shape index (κ1) is 27.2. The average Bonchev–Trinajstić information content (AvgIpc) is 2.98. The highest BCUT2D eigenvalue weighted by atomic mass is 33.1. The molecule has 0 aliphatic carbocycles. The van der Waals surface area contributed by atoms with Crippen molar-refractivity contribution in [2.45, 2.75) is 22.9 Å². The van der Waals surface area contributed by atoms with Gasteiger partial charge in [-0.1, -0.05) is 70.1 Å². The van der Waals surface area contributed by atoms with E-state index in [9.17, 15) is 9.59 Å². The quantitative estimate of drug-likeness (QED) is 0.214. The van der Waals surface area contributed by atoms with Crippen LogP contribution in [0.25, 0.3) is 0 Å². The van der Waals surface area contributed by atoms with Gasteiger partial charge < -0.3 is 20.1 Å². The predicted octanol–water partition coefficient (Wildman–Crippen LogP) is 6.36. The fraction of sp³-hybridized carbons (Fsp3) is 0.133. The van der Waals surface area contributed by atoms with Gasteiger partial charge >= 0.3 is 0 Å². The van der Waals surface area contributed by atoms with E-state index < -0.39 is 0 Å². The smallest absolute Gasteiger partial charge is 0.252 e. The van der Waals surface area contributed by atoms with Crippen LogP contribution >= 0.6 is 21.6 Å². The van der Waals surface area contributed by atoms with Crippen molar-refractivity contribution in [3.63, 3.8) is 0 Å². The van der Waals surface area contributed by atoms with Gasteiger partial charge in [0.1, 0.15) is 11.5 Å². The van der Waals surface area contributed by atoms with E-state index in [2.05, 4.69) is 10.6 Å². The van der Waals surface area contributed by atoms with Gasteiger partial charge in [-0.05, 0) is 59.7 Å². The van der Waals surface area contributed by atoms with E-state index in [-0.39, 0.29) is 11.8 Å². The third-order valence-corrected chi connectivity index (χ3v) is 8.19. The molecule has 194 valence electrons. The second kappa shape index (κ2) is 13.6. The molecule has 4 aromatic carbocycles. The molecule has 0 saturated carbocycles. The number of nitrogens with one attached hydrogen (secondary N) is 2. The van der Waals surface area contributed by atoms with Gasteiger partial charge in [0, 0.05) is 22.9 Å². The molecule has 0 atom stereocenters. The largest absolute Gasteiger partial charge is 0.497 e. The van der Waals surface area contributed by atoms with Gasteiger partial charge in [0.25, 0.3) is 11.8 Å². The van der Waals surface area contributed by atoms with Gasteiger partial charge in [0.2, 0.25) is 0 Å². The molecular formula is C30H28N2O4S2. The molecule has 0 heterocycles. The van der Waals surface area contributed by atoms with Crippen molar-refractivity contribution in [3.8, 4) is 11.5 Å². The second-order valence-electron chi connectivity index (χ2n) is 8.22. The summed E-state index contributed by atoms with van der Waals surface area (Å²) in [5.41, 5.74) is 3.13. The number of amides is 2. The molecule has 6 nitrogen and oxygen atoms in total. The van der Waals surface area contributed by atoms with Crippen molar-refractivity contribution in [1.29, 1.82) is 0 Å². The summed E-state index contributed by atoms with van der Waals surface area (Å²) in [7, 11) is 6.14. The summed E-state index contributed by atoms with van der Waals surface area (Å²) in [5, 5.41) is 5.97. The van der Waals surface area contributed by atoms with Gasteiger partial charge in [-0.3, -0.25) is 9.59 Å². The molecule has 0 fully saturated rings. The predicted molar refractivity (Wildman–Crippen MR) is 153 cm³/mol. The summed E-state index contributed by atoms with van der Waals surface area (Å²) in [6.45, 7) is 0.818. The van der Waals surface area contributed by atoms with Gasteiger partial charge in [0.05, 0.1) is 25.3 Å². The van der Waals surface area contributed by atoms with Crippen molar-refractivity contribution in [2.24, 2.45) is 0 Å². The van der Waals surface area contributed by atoms with Crippen LogP contribution in [0.15, 0.2) is 107 Å². The lowest BCUT2D eigenvalue weighted by Crippen LogP contribution is -2.23. The van der Waals surface area contributed by atoms with Crippen LogP contribution < -0.4 is 20.1 Å². The molecule has 8 heteroatoms. The zero-order valence-electron chi connectivity index (χ0n) is 21.1. The molecule has 4 aromatic rings. The Labute approximate surface area is 230 Å². The van der Waals surface area contributed by atoms with E-state index in [0.717, 1.165) is 32.4 Å². The lowest BCUT2D eigenvalue weighted by atomic mass is 10.2. The fourth-order valence-electron chi connectivity index (χ4n) is 3.59. The third kappa shape index (κ3) is 7.34. The van der Waals surface area contributed by atoms with Crippen LogP contribution in [-0.2, 0) is 13.1 Å². The topological polar surface area (TPSA) is 76.7 Å². The normalized spacial score (nSPS) is 10.5. The maximum atomic E-state index is 13.0. The molecular weight excluding hydrogens is 516 g/mol. The standard InChI is InChI=1S/C30H28N2O4S2/c1-35-23-15-11-21(12-16-23)19-31-29(33)25-7-3-5-9-27(25)37-38-28-10-6-4-8-26(28)30(34)32-20-22-13-17-24(36-2)18-14-22/h3-18H,19-20H2,1-2H3,(H,31,33)(H,32,34). The number of methoxy groups -OCH3 is 2. The first-order valence-electron chi connectivity index (χ1n) is 11.9. The number of rotatable bonds is 11. The Balaban J connectivity index is 1.38. The van der Waals surface area contributed by atoms with Crippen LogP contribution in [0.1, 0.15) is 31.8 Å². The third-order valence-electron chi connectivity index (χ3n) is 5.71. The zero-order valence-corrected chi connectivity index (χ0v) is 22.7. The highest BCUT2D eigenvalue weighted by Gasteiger charge is 2.15. The van der Waals surface area contributed by atoms with E-state index >= 15 is 0 Å². The number of hydrogen-bond donors (Lipinski definition) is 2. The minimum absolute atomic E-state index is 0.157. The van der Waals surface area contributed by atoms with Crippen LogP contribution in [0.4, 0.5) is 0 Å². The first-order chi connectivity index (χ1) is 18.6. The maximum absolute atomic E-state index is 13.0. The van der Waals surface area contributed by atoms with E-state index in [1.54, 1.807) is 26.4 Å². The lowest BCUT2D eigenvalue weighted by Gasteiger charge is -2.12. The Morgan fingerprint density at radius 1 is 0.579 bits per heavy atom. The van der Waals surface area contributed by atoms with Crippen molar-refractivity contribution in [3.05, 3.63) is 119 Å². The summed E-state index contributed by atoms with van der Waals surface area (Å²) < 4.78 is 10.4. The van der Waals surface area contributed by atoms with Crippen LogP contribution in [0.2, 0.25) is 0 Å². The minimum atomic E-state index is -0.157. The van der Waals surface area contributed by atoms with Gasteiger partial charge in [-0.25, -0.2) is 0 Å². The molecule has 4 rings (SSSR count). The van der Waals surface area contributed by atoms with Crippen molar-refractivity contribution < 1.29 is 19.1 Å². The molecule has 0 spiro atoms. The van der Waals surface area contributed by atoms with Crippen molar-refractivity contribution in [2.75, 3.05) is 14.2 Å². The summed E-state index contributed by atoms with van der Waals surface area (Å²) in [6, 6.07) is 30.1. The molecule has 2 N–H and O–H groups in total. The van der Waals surface area contributed by atoms with Gasteiger partial charge in [0.15, 0.2) is 0 Å². The first-order valence-corrected chi connectivity index (χ1v) is 14.1. The van der Waals surface area contributed by atoms with Crippen molar-refractivity contribution in [1.82, 2.24) is 10.6 Å². The van der Waals surface area contributed by atoms with E-state index in [0.29, 0.717) is 24.2 Å². The van der Waals surface area contributed by atoms with Gasteiger partial charge in [-0.15, -0.1) is 0 Å². The summed E-state index contributed by atoms with van der Waals surface area (Å²) in [6.07, 6.45) is 0. The molecule has 0 aliphatic rings. The van der Waals surface area contributed by atoms with Crippen LogP contribution in [0.5, 0.6) is 11.5 Å². The van der Waals surface area contributed by atoms with Gasteiger partial charge in [-0.2, -0.15) is 0 Å². The Bertz CT molecular complexity index is 1270. The average molecular weight is 545 g/mol. The molecule has 0 unspecified atom stereocenters. The van der Waals surface area contributed by atoms with Crippen molar-refractivity contribution >= 4 is 33.4 Å². The number of benzene rings is 4. The SMILES string of the molecule is COc1ccc(CNC(=O)c2ccccc2SSc2ccccc2C(=O)NCc2ccc(OC)cc2)cc1. The monoisotopic (exact) mass is 544 g/mol. The molecule has 38 heavy (non-hydrogen) atoms. The number of carbonyl (C=O) groups excluding carboxylic acids is 2. The molecule has 2 amide bonds. The maximum Gasteiger partial charge on any atom is 0.252 e. The lowest BCUT2D eigenvalue weighted by molar-refractivity contribution is 0.0940. The van der Waals surface area contributed by atoms with E-state index in [4.69, 9.17) is 9.47 Å². The van der Waals surface area contributed by atoms with Crippen LogP contribution in [-0.4, -0.2) is 26.0 Å². The molecule has 0 bridgehead atoms. The molecule has 0 saturated heterocycles.